The Kier molecular flexibility index (Phi) is 8.99. The third-order valence-electron chi connectivity index (χ3n) is 6.35. The average molecular weight is 651 g/mol. The Labute approximate surface area is 238 Å². The molecule has 2 aromatic rings. The van der Waals surface area contributed by atoms with E-state index in [1.165, 1.54) is 17.9 Å². The topological polar surface area (TPSA) is 121 Å². The Hall–Kier alpha value is -3.75. The minimum atomic E-state index is -0.610. The number of hydrogen-bond donors (Lipinski definition) is 1. The molecule has 2 aromatic carbocycles. The first-order chi connectivity index (χ1) is 18.7. The second-order valence-electron chi connectivity index (χ2n) is 8.96. The van der Waals surface area contributed by atoms with Crippen molar-refractivity contribution in [3.8, 4) is 0 Å². The molecule has 2 aliphatic heterocycles. The van der Waals surface area contributed by atoms with E-state index in [0.717, 1.165) is 3.57 Å². The fourth-order valence-corrected chi connectivity index (χ4v) is 4.96. The molecule has 206 valence electrons. The third-order valence-corrected chi connectivity index (χ3v) is 7.21. The van der Waals surface area contributed by atoms with Crippen molar-refractivity contribution in [1.82, 2.24) is 10.2 Å². The number of ether oxygens (including phenoxy) is 2. The number of hydrogen-bond acceptors (Lipinski definition) is 8. The first-order valence-corrected chi connectivity index (χ1v) is 13.2. The molecular formula is C26H27FIN5O6. The summed E-state index contributed by atoms with van der Waals surface area (Å²) in [7, 11) is 0. The van der Waals surface area contributed by atoms with E-state index in [9.17, 15) is 19.2 Å². The minimum Gasteiger partial charge on any atom is -0.452 e. The van der Waals surface area contributed by atoms with Gasteiger partial charge in [0, 0.05) is 36.7 Å². The van der Waals surface area contributed by atoms with Gasteiger partial charge in [-0.2, -0.15) is 0 Å². The first-order valence-electron chi connectivity index (χ1n) is 12.1. The maximum absolute atomic E-state index is 15.0. The molecule has 0 saturated carbocycles. The highest BCUT2D eigenvalue weighted by Crippen LogP contribution is 2.28. The van der Waals surface area contributed by atoms with E-state index in [1.54, 1.807) is 35.2 Å². The molecule has 0 aromatic heterocycles. The number of benzene rings is 2. The monoisotopic (exact) mass is 651 g/mol. The van der Waals surface area contributed by atoms with Crippen LogP contribution in [0, 0.1) is 9.39 Å². The summed E-state index contributed by atoms with van der Waals surface area (Å²) in [6.45, 7) is 6.25. The molecule has 1 atom stereocenters. The van der Waals surface area contributed by atoms with Crippen LogP contribution in [0.25, 0.3) is 0 Å². The van der Waals surface area contributed by atoms with Gasteiger partial charge in [-0.25, -0.2) is 14.0 Å². The normalized spacial score (nSPS) is 17.1. The smallest absolute Gasteiger partial charge is 0.414 e. The van der Waals surface area contributed by atoms with Crippen LogP contribution >= 0.6 is 22.6 Å². The lowest BCUT2D eigenvalue weighted by Crippen LogP contribution is -2.50. The van der Waals surface area contributed by atoms with Gasteiger partial charge in [0.05, 0.1) is 35.7 Å². The predicted octanol–water partition coefficient (Wildman–Crippen LogP) is 2.73. The molecule has 4 rings (SSSR count). The molecule has 13 heteroatoms. The van der Waals surface area contributed by atoms with Crippen molar-refractivity contribution in [2.24, 2.45) is 4.99 Å². The molecule has 0 spiro atoms. The summed E-state index contributed by atoms with van der Waals surface area (Å²) in [5.41, 5.74) is 1.67. The second kappa shape index (κ2) is 12.4. The standard InChI is InChI=1S/C26H27FIN5O6/c1-16(34)30-13-19-14-33(26(37)39-19)18-4-6-23(20(27)12-18)31-7-9-32(10-8-31)24(35)15-38-25(36)17-3-5-22(29-2)21(28)11-17/h3-6,11-12,19H,2,7-10,13-15H2,1H3,(H,30,34)/t19-/m0/s1. The number of aliphatic imine (C=N–C) groups is 1. The van der Waals surface area contributed by atoms with E-state index >= 15 is 4.39 Å². The summed E-state index contributed by atoms with van der Waals surface area (Å²) in [6.07, 6.45) is -1.13. The van der Waals surface area contributed by atoms with Crippen LogP contribution in [0.15, 0.2) is 41.4 Å². The molecule has 2 fully saturated rings. The average Bonchev–Trinajstić information content (AvgIpc) is 3.30. The third kappa shape index (κ3) is 6.82. The zero-order chi connectivity index (χ0) is 28.1. The number of cyclic esters (lactones) is 1. The van der Waals surface area contributed by atoms with E-state index < -0.39 is 30.6 Å². The molecule has 0 aliphatic carbocycles. The number of halogens is 2. The highest BCUT2D eigenvalue weighted by molar-refractivity contribution is 14.1. The molecule has 2 aliphatic rings. The van der Waals surface area contributed by atoms with Crippen LogP contribution in [0.4, 0.5) is 26.2 Å². The molecule has 11 nitrogen and oxygen atoms in total. The first kappa shape index (κ1) is 28.3. The summed E-state index contributed by atoms with van der Waals surface area (Å²) in [6, 6.07) is 9.33. The summed E-state index contributed by atoms with van der Waals surface area (Å²) in [5, 5.41) is 2.60. The molecular weight excluding hydrogens is 624 g/mol. The van der Waals surface area contributed by atoms with Crippen LogP contribution < -0.4 is 15.1 Å². The van der Waals surface area contributed by atoms with E-state index in [-0.39, 0.29) is 24.9 Å². The lowest BCUT2D eigenvalue weighted by Gasteiger charge is -2.36. The van der Waals surface area contributed by atoms with Crippen LogP contribution in [0.2, 0.25) is 0 Å². The van der Waals surface area contributed by atoms with Crippen LogP contribution in [-0.4, -0.2) is 87.5 Å². The summed E-state index contributed by atoms with van der Waals surface area (Å²) >= 11 is 2.04. The molecule has 3 amide bonds. The Morgan fingerprint density at radius 2 is 1.92 bits per heavy atom. The number of nitrogens with one attached hydrogen (secondary N) is 1. The number of amides is 3. The number of carbonyl (C=O) groups is 4. The van der Waals surface area contributed by atoms with Crippen LogP contribution in [0.5, 0.6) is 0 Å². The molecule has 0 radical (unpaired) electrons. The lowest BCUT2D eigenvalue weighted by atomic mass is 10.2. The van der Waals surface area contributed by atoms with Crippen LogP contribution in [0.3, 0.4) is 0 Å². The zero-order valence-corrected chi connectivity index (χ0v) is 23.4. The Morgan fingerprint density at radius 1 is 1.18 bits per heavy atom. The number of piperazine rings is 1. The zero-order valence-electron chi connectivity index (χ0n) is 21.2. The van der Waals surface area contributed by atoms with Gasteiger partial charge in [0.2, 0.25) is 5.91 Å². The van der Waals surface area contributed by atoms with Gasteiger partial charge in [0.25, 0.3) is 5.91 Å². The van der Waals surface area contributed by atoms with Gasteiger partial charge in [0.1, 0.15) is 11.9 Å². The van der Waals surface area contributed by atoms with E-state index in [2.05, 4.69) is 17.0 Å². The van der Waals surface area contributed by atoms with Gasteiger partial charge >= 0.3 is 12.1 Å². The summed E-state index contributed by atoms with van der Waals surface area (Å²) in [4.78, 5) is 56.8. The molecule has 0 unspecified atom stereocenters. The summed E-state index contributed by atoms with van der Waals surface area (Å²) in [5.74, 6) is -1.68. The van der Waals surface area contributed by atoms with Crippen molar-refractivity contribution in [2.75, 3.05) is 55.7 Å². The van der Waals surface area contributed by atoms with E-state index in [1.807, 2.05) is 27.5 Å². The van der Waals surface area contributed by atoms with E-state index in [0.29, 0.717) is 48.8 Å². The maximum atomic E-state index is 15.0. The van der Waals surface area contributed by atoms with Gasteiger partial charge < -0.3 is 24.6 Å². The fourth-order valence-electron chi connectivity index (χ4n) is 4.28. The van der Waals surface area contributed by atoms with Gasteiger partial charge in [-0.3, -0.25) is 19.5 Å². The molecule has 0 bridgehead atoms. The van der Waals surface area contributed by atoms with Gasteiger partial charge in [0.15, 0.2) is 6.61 Å². The van der Waals surface area contributed by atoms with E-state index in [4.69, 9.17) is 9.47 Å². The largest absolute Gasteiger partial charge is 0.452 e. The fraction of sp³-hybridized carbons (Fsp3) is 0.346. The van der Waals surface area contributed by atoms with Gasteiger partial charge in [-0.15, -0.1) is 0 Å². The lowest BCUT2D eigenvalue weighted by molar-refractivity contribution is -0.134. The van der Waals surface area contributed by atoms with Crippen LogP contribution in [-0.2, 0) is 19.1 Å². The predicted molar refractivity (Wildman–Crippen MR) is 150 cm³/mol. The Bertz CT molecular complexity index is 1300. The highest BCUT2D eigenvalue weighted by Gasteiger charge is 2.33. The Balaban J connectivity index is 1.28. The maximum Gasteiger partial charge on any atom is 0.414 e. The molecule has 2 heterocycles. The van der Waals surface area contributed by atoms with Crippen molar-refractivity contribution in [3.05, 3.63) is 51.3 Å². The SMILES string of the molecule is C=Nc1ccc(C(=O)OCC(=O)N2CCN(c3ccc(N4C[C@H](CNC(C)=O)OC4=O)cc3F)CC2)cc1I. The quantitative estimate of drug-likeness (QED) is 0.265. The summed E-state index contributed by atoms with van der Waals surface area (Å²) < 4.78 is 26.2. The Morgan fingerprint density at radius 3 is 2.56 bits per heavy atom. The van der Waals surface area contributed by atoms with Crippen LogP contribution in [0.1, 0.15) is 17.3 Å². The van der Waals surface area contributed by atoms with Gasteiger partial charge in [-0.05, 0) is 65.7 Å². The number of rotatable bonds is 8. The molecule has 39 heavy (non-hydrogen) atoms. The van der Waals surface area contributed by atoms with Crippen molar-refractivity contribution in [3.63, 3.8) is 0 Å². The van der Waals surface area contributed by atoms with Crippen molar-refractivity contribution in [2.45, 2.75) is 13.0 Å². The minimum absolute atomic E-state index is 0.181. The highest BCUT2D eigenvalue weighted by atomic mass is 127. The van der Waals surface area contributed by atoms with Crippen molar-refractivity contribution >= 4 is 70.2 Å². The number of nitrogens with zero attached hydrogens (tertiary/aromatic N) is 4. The van der Waals surface area contributed by atoms with Crippen molar-refractivity contribution in [1.29, 1.82) is 0 Å². The number of carbonyl (C=O) groups excluding carboxylic acids is 4. The molecule has 1 N–H and O–H groups in total. The van der Waals surface area contributed by atoms with Crippen molar-refractivity contribution < 1.29 is 33.0 Å². The number of anilines is 2. The van der Waals surface area contributed by atoms with Gasteiger partial charge in [-0.1, -0.05) is 0 Å². The second-order valence-corrected chi connectivity index (χ2v) is 10.1. The number of esters is 1. The molecule has 2 saturated heterocycles.